The van der Waals surface area contributed by atoms with Crippen molar-refractivity contribution < 1.29 is 4.79 Å². The second kappa shape index (κ2) is 8.15. The van der Waals surface area contributed by atoms with Crippen molar-refractivity contribution in [1.29, 1.82) is 0 Å². The number of nitrogens with two attached hydrogens (primary N) is 1. The van der Waals surface area contributed by atoms with Crippen LogP contribution in [0, 0.1) is 5.92 Å². The molecule has 1 amide bonds. The molecule has 1 fully saturated rings. The fraction of sp³-hybridized carbons (Fsp3) is 0.588. The van der Waals surface area contributed by atoms with Gasteiger partial charge in [0.05, 0.1) is 0 Å². The lowest BCUT2D eigenvalue weighted by atomic mass is 10.1. The van der Waals surface area contributed by atoms with E-state index in [4.69, 9.17) is 5.73 Å². The quantitative estimate of drug-likeness (QED) is 0.752. The third kappa shape index (κ3) is 5.48. The molecule has 1 aromatic rings. The van der Waals surface area contributed by atoms with Crippen LogP contribution in [0.15, 0.2) is 30.3 Å². The summed E-state index contributed by atoms with van der Waals surface area (Å²) < 4.78 is 0. The van der Waals surface area contributed by atoms with E-state index in [1.54, 1.807) is 0 Å². The number of hydrogen-bond acceptors (Lipinski definition) is 3. The molecule has 116 valence electrons. The van der Waals surface area contributed by atoms with Gasteiger partial charge in [-0.2, -0.15) is 0 Å². The van der Waals surface area contributed by atoms with Crippen LogP contribution in [0.25, 0.3) is 0 Å². The molecule has 1 aliphatic rings. The van der Waals surface area contributed by atoms with Gasteiger partial charge in [0.15, 0.2) is 0 Å². The molecular formula is C17H27N3O. The van der Waals surface area contributed by atoms with E-state index in [-0.39, 0.29) is 17.9 Å². The highest BCUT2D eigenvalue weighted by Crippen LogP contribution is 2.23. The third-order valence-electron chi connectivity index (χ3n) is 4.16. The third-order valence-corrected chi connectivity index (χ3v) is 4.16. The Hall–Kier alpha value is -1.39. The molecule has 0 aromatic heterocycles. The Balaban J connectivity index is 1.58. The number of carbonyl (C=O) groups is 1. The Morgan fingerprint density at radius 3 is 2.76 bits per heavy atom. The molecule has 1 aliphatic carbocycles. The van der Waals surface area contributed by atoms with E-state index < -0.39 is 0 Å². The summed E-state index contributed by atoms with van der Waals surface area (Å²) in [5, 5.41) is 3.04. The zero-order valence-corrected chi connectivity index (χ0v) is 12.9. The molecular weight excluding hydrogens is 262 g/mol. The molecule has 21 heavy (non-hydrogen) atoms. The SMILES string of the molecule is CN(CCCNC(=O)C1CCC(N)C1)Cc1ccccc1. The first-order valence-electron chi connectivity index (χ1n) is 7.91. The maximum atomic E-state index is 11.9. The first-order chi connectivity index (χ1) is 10.1. The molecule has 0 radical (unpaired) electrons. The Morgan fingerprint density at radius 1 is 1.33 bits per heavy atom. The Morgan fingerprint density at radius 2 is 2.10 bits per heavy atom. The van der Waals surface area contributed by atoms with Gasteiger partial charge in [-0.05, 0) is 44.8 Å². The number of nitrogens with one attached hydrogen (secondary N) is 1. The lowest BCUT2D eigenvalue weighted by Crippen LogP contribution is -2.32. The van der Waals surface area contributed by atoms with E-state index in [1.807, 2.05) is 6.07 Å². The van der Waals surface area contributed by atoms with Gasteiger partial charge < -0.3 is 16.0 Å². The summed E-state index contributed by atoms with van der Waals surface area (Å²) in [6.45, 7) is 2.69. The van der Waals surface area contributed by atoms with Crippen LogP contribution in [0.4, 0.5) is 0 Å². The molecule has 3 N–H and O–H groups in total. The first kappa shape index (κ1) is 16.0. The minimum absolute atomic E-state index is 0.141. The maximum absolute atomic E-state index is 11.9. The van der Waals surface area contributed by atoms with Crippen LogP contribution in [0.5, 0.6) is 0 Å². The maximum Gasteiger partial charge on any atom is 0.223 e. The minimum atomic E-state index is 0.141. The second-order valence-electron chi connectivity index (χ2n) is 6.14. The van der Waals surface area contributed by atoms with Gasteiger partial charge in [-0.25, -0.2) is 0 Å². The number of benzene rings is 1. The van der Waals surface area contributed by atoms with E-state index >= 15 is 0 Å². The molecule has 0 spiro atoms. The Bertz CT molecular complexity index is 435. The summed E-state index contributed by atoms with van der Waals surface area (Å²) in [6.07, 6.45) is 3.76. The van der Waals surface area contributed by atoms with Crippen LogP contribution in [-0.4, -0.2) is 37.0 Å². The van der Waals surface area contributed by atoms with Gasteiger partial charge in [-0.3, -0.25) is 4.79 Å². The van der Waals surface area contributed by atoms with E-state index in [2.05, 4.69) is 41.5 Å². The predicted molar refractivity (Wildman–Crippen MR) is 85.7 cm³/mol. The van der Waals surface area contributed by atoms with E-state index in [9.17, 15) is 4.79 Å². The zero-order chi connectivity index (χ0) is 15.1. The number of hydrogen-bond donors (Lipinski definition) is 2. The fourth-order valence-electron chi connectivity index (χ4n) is 2.93. The summed E-state index contributed by atoms with van der Waals surface area (Å²) in [5.74, 6) is 0.329. The zero-order valence-electron chi connectivity index (χ0n) is 12.9. The highest BCUT2D eigenvalue weighted by atomic mass is 16.1. The van der Waals surface area contributed by atoms with Crippen molar-refractivity contribution in [2.45, 2.75) is 38.3 Å². The molecule has 0 heterocycles. The van der Waals surface area contributed by atoms with Crippen molar-refractivity contribution in [2.24, 2.45) is 11.7 Å². The van der Waals surface area contributed by atoms with Gasteiger partial charge in [0.2, 0.25) is 5.91 Å². The highest BCUT2D eigenvalue weighted by Gasteiger charge is 2.27. The van der Waals surface area contributed by atoms with E-state index in [0.717, 1.165) is 45.3 Å². The molecule has 1 saturated carbocycles. The minimum Gasteiger partial charge on any atom is -0.356 e. The summed E-state index contributed by atoms with van der Waals surface area (Å²) >= 11 is 0. The first-order valence-corrected chi connectivity index (χ1v) is 7.91. The molecule has 4 nitrogen and oxygen atoms in total. The van der Waals surface area contributed by atoms with Crippen LogP contribution >= 0.6 is 0 Å². The van der Waals surface area contributed by atoms with Gasteiger partial charge in [-0.15, -0.1) is 0 Å². The van der Waals surface area contributed by atoms with Crippen LogP contribution in [0.2, 0.25) is 0 Å². The molecule has 4 heteroatoms. The molecule has 0 aliphatic heterocycles. The summed E-state index contributed by atoms with van der Waals surface area (Å²) in [6, 6.07) is 10.7. The number of amides is 1. The standard InChI is InChI=1S/C17H27N3O/c1-20(13-14-6-3-2-4-7-14)11-5-10-19-17(21)15-8-9-16(18)12-15/h2-4,6-7,15-16H,5,8-13,18H2,1H3,(H,19,21). The summed E-state index contributed by atoms with van der Waals surface area (Å²) in [7, 11) is 2.12. The average Bonchev–Trinajstić information content (AvgIpc) is 2.91. The van der Waals surface area contributed by atoms with Gasteiger partial charge in [-0.1, -0.05) is 30.3 Å². The van der Waals surface area contributed by atoms with Crippen LogP contribution < -0.4 is 11.1 Å². The fourth-order valence-corrected chi connectivity index (χ4v) is 2.93. The molecule has 0 bridgehead atoms. The lowest BCUT2D eigenvalue weighted by molar-refractivity contribution is -0.124. The van der Waals surface area contributed by atoms with Crippen molar-refractivity contribution in [3.05, 3.63) is 35.9 Å². The molecule has 2 unspecified atom stereocenters. The Labute approximate surface area is 127 Å². The van der Waals surface area contributed by atoms with E-state index in [0.29, 0.717) is 0 Å². The number of nitrogens with zero attached hydrogens (tertiary/aromatic N) is 1. The summed E-state index contributed by atoms with van der Waals surface area (Å²) in [5.41, 5.74) is 7.17. The van der Waals surface area contributed by atoms with Gasteiger partial charge >= 0.3 is 0 Å². The molecule has 0 saturated heterocycles. The molecule has 2 atom stereocenters. The van der Waals surface area contributed by atoms with Crippen LogP contribution in [-0.2, 0) is 11.3 Å². The number of rotatable bonds is 7. The average molecular weight is 289 g/mol. The van der Waals surface area contributed by atoms with E-state index in [1.165, 1.54) is 5.56 Å². The van der Waals surface area contributed by atoms with Crippen molar-refractivity contribution in [3.63, 3.8) is 0 Å². The van der Waals surface area contributed by atoms with Crippen molar-refractivity contribution in [1.82, 2.24) is 10.2 Å². The molecule has 1 aromatic carbocycles. The lowest BCUT2D eigenvalue weighted by Gasteiger charge is -2.17. The predicted octanol–water partition coefficient (Wildman–Crippen LogP) is 1.75. The monoisotopic (exact) mass is 289 g/mol. The van der Waals surface area contributed by atoms with Gasteiger partial charge in [0.1, 0.15) is 0 Å². The van der Waals surface area contributed by atoms with Crippen LogP contribution in [0.1, 0.15) is 31.2 Å². The van der Waals surface area contributed by atoms with Crippen molar-refractivity contribution in [3.8, 4) is 0 Å². The van der Waals surface area contributed by atoms with Crippen LogP contribution in [0.3, 0.4) is 0 Å². The summed E-state index contributed by atoms with van der Waals surface area (Å²) in [4.78, 5) is 14.2. The largest absolute Gasteiger partial charge is 0.356 e. The normalized spacial score (nSPS) is 21.7. The number of carbonyl (C=O) groups excluding carboxylic acids is 1. The smallest absolute Gasteiger partial charge is 0.223 e. The Kier molecular flexibility index (Phi) is 6.21. The topological polar surface area (TPSA) is 58.4 Å². The van der Waals surface area contributed by atoms with Gasteiger partial charge in [0, 0.05) is 25.0 Å². The van der Waals surface area contributed by atoms with Gasteiger partial charge in [0.25, 0.3) is 0 Å². The molecule has 2 rings (SSSR count). The van der Waals surface area contributed by atoms with Crippen molar-refractivity contribution in [2.75, 3.05) is 20.1 Å². The van der Waals surface area contributed by atoms with Crippen molar-refractivity contribution >= 4 is 5.91 Å². The second-order valence-corrected chi connectivity index (χ2v) is 6.14. The highest BCUT2D eigenvalue weighted by molar-refractivity contribution is 5.78.